The molecule has 8 heteroatoms. The van der Waals surface area contributed by atoms with Crippen molar-refractivity contribution in [2.24, 2.45) is 12.0 Å². The van der Waals surface area contributed by atoms with Gasteiger partial charge in [-0.2, -0.15) is 5.10 Å². The van der Waals surface area contributed by atoms with E-state index >= 15 is 0 Å². The Balaban J connectivity index is 1.58. The van der Waals surface area contributed by atoms with Crippen LogP contribution in [-0.4, -0.2) is 51.6 Å². The predicted octanol–water partition coefficient (Wildman–Crippen LogP) is 5.59. The lowest BCUT2D eigenvalue weighted by Crippen LogP contribution is -2.46. The van der Waals surface area contributed by atoms with Gasteiger partial charge < -0.3 is 4.90 Å². The van der Waals surface area contributed by atoms with Gasteiger partial charge in [-0.05, 0) is 38.0 Å². The summed E-state index contributed by atoms with van der Waals surface area (Å²) in [6.45, 7) is 10.7. The Bertz CT molecular complexity index is 1140. The van der Waals surface area contributed by atoms with E-state index in [1.807, 2.05) is 43.9 Å². The fraction of sp³-hybridized carbons (Fsp3) is 0.400. The standard InChI is InChI=1S/C25H30Cl2N6/c1-5-23(21-16-31(4)30-17(21)2)29-24-18(3)28-14-22(27)25(24)33-12-10-32(11-13-33)15-19-6-8-20(26)9-7-19/h6-9,14,16H,5,10-13,15H2,1-4H3/b29-23+. The highest BCUT2D eigenvalue weighted by molar-refractivity contribution is 6.34. The summed E-state index contributed by atoms with van der Waals surface area (Å²) in [5.41, 5.74) is 7.02. The van der Waals surface area contributed by atoms with Gasteiger partial charge in [0.1, 0.15) is 5.69 Å². The van der Waals surface area contributed by atoms with Crippen LogP contribution < -0.4 is 4.90 Å². The van der Waals surface area contributed by atoms with Crippen molar-refractivity contribution in [2.45, 2.75) is 33.7 Å². The van der Waals surface area contributed by atoms with Crippen molar-refractivity contribution >= 4 is 40.3 Å². The lowest BCUT2D eigenvalue weighted by Gasteiger charge is -2.37. The maximum absolute atomic E-state index is 6.71. The largest absolute Gasteiger partial charge is 0.366 e. The van der Waals surface area contributed by atoms with Crippen LogP contribution in [0.1, 0.15) is 35.9 Å². The number of nitrogens with zero attached hydrogens (tertiary/aromatic N) is 6. The molecule has 0 unspecified atom stereocenters. The molecule has 3 heterocycles. The molecule has 1 aliphatic heterocycles. The molecule has 4 rings (SSSR count). The molecule has 0 radical (unpaired) electrons. The molecule has 0 bridgehead atoms. The first-order valence-electron chi connectivity index (χ1n) is 11.3. The first-order chi connectivity index (χ1) is 15.9. The minimum Gasteiger partial charge on any atom is -0.366 e. The maximum atomic E-state index is 6.71. The van der Waals surface area contributed by atoms with Crippen LogP contribution in [0.2, 0.25) is 10.0 Å². The number of aliphatic imine (C=N–C) groups is 1. The lowest BCUT2D eigenvalue weighted by molar-refractivity contribution is 0.250. The molecule has 3 aromatic rings. The van der Waals surface area contributed by atoms with Gasteiger partial charge >= 0.3 is 0 Å². The monoisotopic (exact) mass is 484 g/mol. The van der Waals surface area contributed by atoms with Crippen LogP contribution in [0.3, 0.4) is 0 Å². The number of halogens is 2. The van der Waals surface area contributed by atoms with E-state index < -0.39 is 0 Å². The van der Waals surface area contributed by atoms with E-state index in [1.165, 1.54) is 5.56 Å². The zero-order valence-corrected chi connectivity index (χ0v) is 21.2. The van der Waals surface area contributed by atoms with Gasteiger partial charge in [0.05, 0.1) is 27.8 Å². The number of hydrogen-bond donors (Lipinski definition) is 0. The van der Waals surface area contributed by atoms with E-state index in [9.17, 15) is 0 Å². The fourth-order valence-electron chi connectivity index (χ4n) is 4.32. The third-order valence-electron chi connectivity index (χ3n) is 6.08. The molecule has 0 spiro atoms. The van der Waals surface area contributed by atoms with Gasteiger partial charge in [0.25, 0.3) is 0 Å². The van der Waals surface area contributed by atoms with Crippen LogP contribution in [0.25, 0.3) is 0 Å². The first-order valence-corrected chi connectivity index (χ1v) is 12.1. The number of piperazine rings is 1. The Kier molecular flexibility index (Phi) is 7.37. The minimum absolute atomic E-state index is 0.642. The normalized spacial score (nSPS) is 15.3. The van der Waals surface area contributed by atoms with Crippen molar-refractivity contribution in [3.8, 4) is 0 Å². The zero-order chi connectivity index (χ0) is 23.5. The molecule has 1 aromatic carbocycles. The third-order valence-corrected chi connectivity index (χ3v) is 6.61. The van der Waals surface area contributed by atoms with E-state index in [2.05, 4.69) is 38.9 Å². The quantitative estimate of drug-likeness (QED) is 0.427. The summed E-state index contributed by atoms with van der Waals surface area (Å²) in [6.07, 6.45) is 4.57. The number of pyridine rings is 1. The van der Waals surface area contributed by atoms with E-state index in [1.54, 1.807) is 6.20 Å². The highest BCUT2D eigenvalue weighted by Crippen LogP contribution is 2.38. The van der Waals surface area contributed by atoms with Gasteiger partial charge in [0.2, 0.25) is 0 Å². The Hall–Kier alpha value is -2.41. The van der Waals surface area contributed by atoms with Crippen molar-refractivity contribution in [2.75, 3.05) is 31.1 Å². The number of rotatable bonds is 6. The average Bonchev–Trinajstić information content (AvgIpc) is 3.14. The number of benzene rings is 1. The molecular formula is C25H30Cl2N6. The summed E-state index contributed by atoms with van der Waals surface area (Å²) < 4.78 is 1.83. The van der Waals surface area contributed by atoms with Crippen molar-refractivity contribution in [3.63, 3.8) is 0 Å². The number of aryl methyl sites for hydroxylation is 3. The summed E-state index contributed by atoms with van der Waals surface area (Å²) in [5, 5.41) is 5.91. The molecule has 1 saturated heterocycles. The van der Waals surface area contributed by atoms with Crippen LogP contribution in [0.15, 0.2) is 41.7 Å². The topological polar surface area (TPSA) is 49.6 Å². The van der Waals surface area contributed by atoms with Gasteiger partial charge in [-0.15, -0.1) is 0 Å². The second-order valence-electron chi connectivity index (χ2n) is 8.49. The van der Waals surface area contributed by atoms with Gasteiger partial charge in [-0.3, -0.25) is 14.6 Å². The summed E-state index contributed by atoms with van der Waals surface area (Å²) in [6, 6.07) is 8.09. The molecule has 0 saturated carbocycles. The van der Waals surface area contributed by atoms with E-state index in [0.29, 0.717) is 5.02 Å². The molecule has 0 N–H and O–H groups in total. The summed E-state index contributed by atoms with van der Waals surface area (Å²) in [4.78, 5) is 14.4. The molecule has 0 aliphatic carbocycles. The van der Waals surface area contributed by atoms with Crippen molar-refractivity contribution in [1.29, 1.82) is 0 Å². The minimum atomic E-state index is 0.642. The number of aromatic nitrogens is 3. The van der Waals surface area contributed by atoms with Gasteiger partial charge in [0.15, 0.2) is 0 Å². The Labute approximate surface area is 205 Å². The Morgan fingerprint density at radius 3 is 2.33 bits per heavy atom. The van der Waals surface area contributed by atoms with Gasteiger partial charge in [-0.1, -0.05) is 42.3 Å². The highest BCUT2D eigenvalue weighted by Gasteiger charge is 2.24. The van der Waals surface area contributed by atoms with Crippen LogP contribution in [0.5, 0.6) is 0 Å². The molecule has 2 aromatic heterocycles. The van der Waals surface area contributed by atoms with Crippen LogP contribution in [0, 0.1) is 13.8 Å². The highest BCUT2D eigenvalue weighted by atomic mass is 35.5. The zero-order valence-electron chi connectivity index (χ0n) is 19.6. The molecule has 174 valence electrons. The molecule has 6 nitrogen and oxygen atoms in total. The summed E-state index contributed by atoms with van der Waals surface area (Å²) in [5.74, 6) is 0. The molecule has 0 atom stereocenters. The second kappa shape index (κ2) is 10.2. The van der Waals surface area contributed by atoms with Crippen molar-refractivity contribution < 1.29 is 0 Å². The van der Waals surface area contributed by atoms with Crippen LogP contribution in [0.4, 0.5) is 11.4 Å². The van der Waals surface area contributed by atoms with Crippen molar-refractivity contribution in [1.82, 2.24) is 19.7 Å². The molecule has 0 amide bonds. The first kappa shape index (κ1) is 23.7. The van der Waals surface area contributed by atoms with Crippen molar-refractivity contribution in [3.05, 3.63) is 69.2 Å². The molecular weight excluding hydrogens is 455 g/mol. The van der Waals surface area contributed by atoms with Crippen LogP contribution in [-0.2, 0) is 13.6 Å². The van der Waals surface area contributed by atoms with Crippen LogP contribution >= 0.6 is 23.2 Å². The third kappa shape index (κ3) is 5.40. The fourth-order valence-corrected chi connectivity index (χ4v) is 4.70. The van der Waals surface area contributed by atoms with E-state index in [4.69, 9.17) is 28.2 Å². The molecule has 33 heavy (non-hydrogen) atoms. The maximum Gasteiger partial charge on any atom is 0.109 e. The SMILES string of the molecule is CC/C(=N\c1c(C)ncc(Cl)c1N1CCN(Cc2ccc(Cl)cc2)CC1)c1cn(C)nc1C. The van der Waals surface area contributed by atoms with Gasteiger partial charge in [0, 0.05) is 62.8 Å². The Morgan fingerprint density at radius 1 is 1.03 bits per heavy atom. The average molecular weight is 485 g/mol. The summed E-state index contributed by atoms with van der Waals surface area (Å²) in [7, 11) is 1.94. The Morgan fingerprint density at radius 2 is 1.73 bits per heavy atom. The van der Waals surface area contributed by atoms with E-state index in [0.717, 1.165) is 78.2 Å². The molecule has 1 fully saturated rings. The second-order valence-corrected chi connectivity index (χ2v) is 9.34. The van der Waals surface area contributed by atoms with Gasteiger partial charge in [-0.25, -0.2) is 4.99 Å². The number of anilines is 1. The smallest absolute Gasteiger partial charge is 0.109 e. The van der Waals surface area contributed by atoms with E-state index in [-0.39, 0.29) is 0 Å². The molecule has 1 aliphatic rings. The predicted molar refractivity (Wildman–Crippen MR) is 137 cm³/mol. The summed E-state index contributed by atoms with van der Waals surface area (Å²) >= 11 is 12.7. The lowest BCUT2D eigenvalue weighted by atomic mass is 10.1. The number of hydrogen-bond acceptors (Lipinski definition) is 5.